The molecular formula is C16H17ClO3. The van der Waals surface area contributed by atoms with Crippen molar-refractivity contribution in [3.63, 3.8) is 0 Å². The molecule has 0 amide bonds. The number of rotatable bonds is 6. The molecule has 0 atom stereocenters. The third kappa shape index (κ3) is 3.89. The minimum absolute atomic E-state index is 0.0931. The van der Waals surface area contributed by atoms with E-state index in [1.54, 1.807) is 18.2 Å². The minimum Gasteiger partial charge on any atom is -0.494 e. The summed E-state index contributed by atoms with van der Waals surface area (Å²) in [5, 5.41) is 9.86. The summed E-state index contributed by atoms with van der Waals surface area (Å²) in [7, 11) is 0. The lowest BCUT2D eigenvalue weighted by atomic mass is 10.2. The monoisotopic (exact) mass is 292 g/mol. The maximum Gasteiger partial charge on any atom is 0.134 e. The largest absolute Gasteiger partial charge is 0.494 e. The van der Waals surface area contributed by atoms with E-state index < -0.39 is 0 Å². The Morgan fingerprint density at radius 1 is 1.05 bits per heavy atom. The zero-order chi connectivity index (χ0) is 14.4. The molecule has 0 radical (unpaired) electrons. The molecule has 0 aromatic heterocycles. The van der Waals surface area contributed by atoms with Crippen LogP contribution in [0.15, 0.2) is 42.5 Å². The summed E-state index contributed by atoms with van der Waals surface area (Å²) in [5.74, 6) is 2.04. The molecule has 0 fully saturated rings. The van der Waals surface area contributed by atoms with Crippen molar-refractivity contribution in [3.05, 3.63) is 53.1 Å². The van der Waals surface area contributed by atoms with Crippen molar-refractivity contribution >= 4 is 11.6 Å². The van der Waals surface area contributed by atoms with Crippen molar-refractivity contribution in [2.24, 2.45) is 0 Å². The van der Waals surface area contributed by atoms with E-state index in [1.807, 2.05) is 24.3 Å². The van der Waals surface area contributed by atoms with Gasteiger partial charge in [0.25, 0.3) is 0 Å². The molecule has 1 N–H and O–H groups in total. The fourth-order valence-electron chi connectivity index (χ4n) is 1.70. The van der Waals surface area contributed by atoms with Crippen LogP contribution in [0.1, 0.15) is 18.9 Å². The predicted molar refractivity (Wildman–Crippen MR) is 79.7 cm³/mol. The van der Waals surface area contributed by atoms with Crippen molar-refractivity contribution in [3.8, 4) is 17.2 Å². The first-order valence-electron chi connectivity index (χ1n) is 6.53. The Labute approximate surface area is 123 Å². The van der Waals surface area contributed by atoms with E-state index in [0.717, 1.165) is 12.2 Å². The van der Waals surface area contributed by atoms with Crippen molar-refractivity contribution < 1.29 is 14.6 Å². The normalized spacial score (nSPS) is 10.3. The van der Waals surface area contributed by atoms with Crippen LogP contribution in [0.5, 0.6) is 17.2 Å². The van der Waals surface area contributed by atoms with Crippen LogP contribution in [0, 0.1) is 0 Å². The van der Waals surface area contributed by atoms with Crippen LogP contribution in [-0.2, 0) is 6.61 Å². The molecule has 0 saturated carbocycles. The molecule has 2 aromatic carbocycles. The van der Waals surface area contributed by atoms with Crippen molar-refractivity contribution in [1.82, 2.24) is 0 Å². The number of ether oxygens (including phenoxy) is 2. The van der Waals surface area contributed by atoms with E-state index in [4.69, 9.17) is 21.1 Å². The van der Waals surface area contributed by atoms with Gasteiger partial charge in [0.2, 0.25) is 0 Å². The van der Waals surface area contributed by atoms with Crippen molar-refractivity contribution in [2.75, 3.05) is 6.61 Å². The van der Waals surface area contributed by atoms with Gasteiger partial charge in [-0.25, -0.2) is 0 Å². The Balaban J connectivity index is 2.11. The Kier molecular flexibility index (Phi) is 5.27. The highest BCUT2D eigenvalue weighted by atomic mass is 35.5. The van der Waals surface area contributed by atoms with E-state index in [-0.39, 0.29) is 6.61 Å². The summed E-state index contributed by atoms with van der Waals surface area (Å²) in [6.07, 6.45) is 0.973. The van der Waals surface area contributed by atoms with Crippen LogP contribution in [0.3, 0.4) is 0 Å². The lowest BCUT2D eigenvalue weighted by Gasteiger charge is -2.11. The number of aliphatic hydroxyl groups excluding tert-OH is 1. The molecule has 0 aliphatic carbocycles. The highest BCUT2D eigenvalue weighted by Crippen LogP contribution is 2.29. The van der Waals surface area contributed by atoms with Crippen LogP contribution in [0.2, 0.25) is 5.02 Å². The third-order valence-corrected chi connectivity index (χ3v) is 2.96. The highest BCUT2D eigenvalue weighted by molar-refractivity contribution is 6.30. The average Bonchev–Trinajstić information content (AvgIpc) is 2.47. The quantitative estimate of drug-likeness (QED) is 0.857. The minimum atomic E-state index is -0.0931. The zero-order valence-electron chi connectivity index (χ0n) is 11.3. The maximum absolute atomic E-state index is 9.29. The van der Waals surface area contributed by atoms with Gasteiger partial charge in [-0.1, -0.05) is 24.6 Å². The molecule has 0 aliphatic rings. The first-order chi connectivity index (χ1) is 9.72. The Morgan fingerprint density at radius 2 is 1.75 bits per heavy atom. The zero-order valence-corrected chi connectivity index (χ0v) is 12.1. The second kappa shape index (κ2) is 7.17. The molecular weight excluding hydrogens is 276 g/mol. The molecule has 0 spiro atoms. The average molecular weight is 293 g/mol. The van der Waals surface area contributed by atoms with E-state index in [2.05, 4.69) is 6.92 Å². The van der Waals surface area contributed by atoms with Crippen LogP contribution in [0.4, 0.5) is 0 Å². The summed E-state index contributed by atoms with van der Waals surface area (Å²) in [4.78, 5) is 0. The summed E-state index contributed by atoms with van der Waals surface area (Å²) < 4.78 is 11.2. The first-order valence-corrected chi connectivity index (χ1v) is 6.90. The maximum atomic E-state index is 9.29. The lowest BCUT2D eigenvalue weighted by Crippen LogP contribution is -1.95. The predicted octanol–water partition coefficient (Wildman–Crippen LogP) is 4.41. The van der Waals surface area contributed by atoms with E-state index >= 15 is 0 Å². The Bertz CT molecular complexity index is 552. The summed E-state index contributed by atoms with van der Waals surface area (Å²) in [6.45, 7) is 2.67. The Hall–Kier alpha value is -1.71. The van der Waals surface area contributed by atoms with Crippen LogP contribution < -0.4 is 9.47 Å². The van der Waals surface area contributed by atoms with Gasteiger partial charge in [0.15, 0.2) is 0 Å². The summed E-state index contributed by atoms with van der Waals surface area (Å²) in [5.41, 5.74) is 0.695. The number of aliphatic hydroxyl groups is 1. The molecule has 106 valence electrons. The molecule has 3 nitrogen and oxygen atoms in total. The Morgan fingerprint density at radius 3 is 2.40 bits per heavy atom. The van der Waals surface area contributed by atoms with E-state index in [1.165, 1.54) is 0 Å². The van der Waals surface area contributed by atoms with Gasteiger partial charge in [0, 0.05) is 10.6 Å². The molecule has 0 unspecified atom stereocenters. The fourth-order valence-corrected chi connectivity index (χ4v) is 1.87. The summed E-state index contributed by atoms with van der Waals surface area (Å²) >= 11 is 5.94. The molecule has 20 heavy (non-hydrogen) atoms. The molecule has 0 bridgehead atoms. The smallest absolute Gasteiger partial charge is 0.134 e. The van der Waals surface area contributed by atoms with Crippen molar-refractivity contribution in [2.45, 2.75) is 20.0 Å². The molecule has 0 saturated heterocycles. The second-order valence-electron chi connectivity index (χ2n) is 4.33. The second-order valence-corrected chi connectivity index (χ2v) is 4.77. The standard InChI is InChI=1S/C16H17ClO3/c1-2-9-19-14-5-7-15(8-6-14)20-16-10-13(17)4-3-12(16)11-18/h3-8,10,18H,2,9,11H2,1H3. The van der Waals surface area contributed by atoms with Crippen LogP contribution in [-0.4, -0.2) is 11.7 Å². The number of hydrogen-bond donors (Lipinski definition) is 1. The number of hydrogen-bond acceptors (Lipinski definition) is 3. The van der Waals surface area contributed by atoms with Crippen molar-refractivity contribution in [1.29, 1.82) is 0 Å². The number of benzene rings is 2. The molecule has 2 rings (SSSR count). The van der Waals surface area contributed by atoms with E-state index in [0.29, 0.717) is 28.7 Å². The van der Waals surface area contributed by atoms with Gasteiger partial charge in [-0.2, -0.15) is 0 Å². The molecule has 0 heterocycles. The molecule has 0 aliphatic heterocycles. The van der Waals surface area contributed by atoms with Crippen LogP contribution >= 0.6 is 11.6 Å². The van der Waals surface area contributed by atoms with Gasteiger partial charge >= 0.3 is 0 Å². The highest BCUT2D eigenvalue weighted by Gasteiger charge is 2.05. The fraction of sp³-hybridized carbons (Fsp3) is 0.250. The van der Waals surface area contributed by atoms with Gasteiger partial charge in [-0.3, -0.25) is 0 Å². The van der Waals surface area contributed by atoms with Gasteiger partial charge in [0.1, 0.15) is 17.2 Å². The van der Waals surface area contributed by atoms with E-state index in [9.17, 15) is 5.11 Å². The third-order valence-electron chi connectivity index (χ3n) is 2.72. The SMILES string of the molecule is CCCOc1ccc(Oc2cc(Cl)ccc2CO)cc1. The van der Waals surface area contributed by atoms with Gasteiger partial charge in [-0.05, 0) is 42.8 Å². The topological polar surface area (TPSA) is 38.7 Å². The lowest BCUT2D eigenvalue weighted by molar-refractivity contribution is 0.276. The molecule has 2 aromatic rings. The van der Waals surface area contributed by atoms with Crippen LogP contribution in [0.25, 0.3) is 0 Å². The van der Waals surface area contributed by atoms with Gasteiger partial charge in [-0.15, -0.1) is 0 Å². The summed E-state index contributed by atoms with van der Waals surface area (Å²) in [6, 6.07) is 12.5. The molecule has 4 heteroatoms. The first kappa shape index (κ1) is 14.7. The number of halogens is 1. The van der Waals surface area contributed by atoms with Gasteiger partial charge < -0.3 is 14.6 Å². The van der Waals surface area contributed by atoms with Gasteiger partial charge in [0.05, 0.1) is 13.2 Å².